The van der Waals surface area contributed by atoms with E-state index >= 15 is 0 Å². The first-order valence-electron chi connectivity index (χ1n) is 6.76. The van der Waals surface area contributed by atoms with Crippen LogP contribution in [0.25, 0.3) is 0 Å². The van der Waals surface area contributed by atoms with Crippen LogP contribution in [0.4, 0.5) is 0 Å². The Hall–Kier alpha value is -1.06. The molecule has 1 rings (SSSR count). The van der Waals surface area contributed by atoms with E-state index in [2.05, 4.69) is 47.0 Å². The second-order valence-corrected chi connectivity index (χ2v) is 7.32. The molecular formula is C16H27NO2. The fourth-order valence-electron chi connectivity index (χ4n) is 2.12. The summed E-state index contributed by atoms with van der Waals surface area (Å²) in [6, 6.07) is 3.78. The zero-order chi connectivity index (χ0) is 15.0. The summed E-state index contributed by atoms with van der Waals surface area (Å²) in [5.74, 6) is 0.369. The van der Waals surface area contributed by atoms with Gasteiger partial charge in [0.1, 0.15) is 5.75 Å². The van der Waals surface area contributed by atoms with Crippen molar-refractivity contribution in [2.45, 2.75) is 65.3 Å². The minimum absolute atomic E-state index is 0.144. The second kappa shape index (κ2) is 5.14. The fraction of sp³-hybridized carbons (Fsp3) is 0.625. The Kier molecular flexibility index (Phi) is 4.33. The van der Waals surface area contributed by atoms with Crippen molar-refractivity contribution in [1.29, 1.82) is 0 Å². The molecule has 1 atom stereocenters. The van der Waals surface area contributed by atoms with Crippen LogP contribution in [0.5, 0.6) is 5.75 Å². The van der Waals surface area contributed by atoms with Gasteiger partial charge in [0.15, 0.2) is 0 Å². The largest absolute Gasteiger partial charge is 0.507 e. The van der Waals surface area contributed by atoms with E-state index in [9.17, 15) is 5.11 Å². The van der Waals surface area contributed by atoms with Crippen molar-refractivity contribution in [3.8, 4) is 5.75 Å². The number of hydrogen-bond donors (Lipinski definition) is 3. The van der Waals surface area contributed by atoms with Crippen molar-refractivity contribution >= 4 is 0 Å². The number of benzene rings is 1. The molecule has 1 aromatic carbocycles. The number of phenols is 1. The highest BCUT2D eigenvalue weighted by Crippen LogP contribution is 2.40. The molecule has 3 heteroatoms. The molecule has 19 heavy (non-hydrogen) atoms. The van der Waals surface area contributed by atoms with E-state index in [0.717, 1.165) is 16.7 Å². The van der Waals surface area contributed by atoms with Gasteiger partial charge in [0.2, 0.25) is 0 Å². The van der Waals surface area contributed by atoms with E-state index in [0.29, 0.717) is 5.75 Å². The maximum atomic E-state index is 10.6. The van der Waals surface area contributed by atoms with Gasteiger partial charge in [0, 0.05) is 0 Å². The van der Waals surface area contributed by atoms with Gasteiger partial charge in [0.05, 0.1) is 6.04 Å². The van der Waals surface area contributed by atoms with Gasteiger partial charge in [-0.15, -0.1) is 0 Å². The molecule has 0 saturated carbocycles. The van der Waals surface area contributed by atoms with E-state index in [1.54, 1.807) is 0 Å². The SMILES string of the molecule is CC(NO)c1cc(C(C)(C)C)c(O)c(C(C)(C)C)c1. The van der Waals surface area contributed by atoms with Gasteiger partial charge in [-0.25, -0.2) is 0 Å². The highest BCUT2D eigenvalue weighted by Gasteiger charge is 2.27. The van der Waals surface area contributed by atoms with Crippen molar-refractivity contribution in [1.82, 2.24) is 5.48 Å². The van der Waals surface area contributed by atoms with Gasteiger partial charge in [-0.2, -0.15) is 5.48 Å². The van der Waals surface area contributed by atoms with Gasteiger partial charge in [-0.05, 0) is 46.6 Å². The van der Waals surface area contributed by atoms with Crippen LogP contribution >= 0.6 is 0 Å². The van der Waals surface area contributed by atoms with Crippen LogP contribution in [-0.4, -0.2) is 10.3 Å². The molecule has 0 aliphatic heterocycles. The Labute approximate surface area is 116 Å². The highest BCUT2D eigenvalue weighted by molar-refractivity contribution is 5.50. The molecule has 0 heterocycles. The summed E-state index contributed by atoms with van der Waals surface area (Å²) in [4.78, 5) is 0. The fourth-order valence-corrected chi connectivity index (χ4v) is 2.12. The lowest BCUT2D eigenvalue weighted by Gasteiger charge is -2.29. The van der Waals surface area contributed by atoms with Crippen LogP contribution in [0.1, 0.15) is 71.2 Å². The summed E-state index contributed by atoms with van der Waals surface area (Å²) >= 11 is 0. The maximum Gasteiger partial charge on any atom is 0.123 e. The third-order valence-corrected chi connectivity index (χ3v) is 3.44. The maximum absolute atomic E-state index is 10.6. The predicted octanol–water partition coefficient (Wildman–Crippen LogP) is 4.03. The standard InChI is InChI=1S/C16H27NO2/c1-10(17-19)11-8-12(15(2,3)4)14(18)13(9-11)16(5,6)7/h8-10,17-19H,1-7H3. The zero-order valence-corrected chi connectivity index (χ0v) is 13.1. The topological polar surface area (TPSA) is 52.5 Å². The Balaban J connectivity index is 3.57. The van der Waals surface area contributed by atoms with Crippen LogP contribution < -0.4 is 5.48 Å². The molecule has 3 nitrogen and oxygen atoms in total. The van der Waals surface area contributed by atoms with Gasteiger partial charge in [-0.3, -0.25) is 0 Å². The molecule has 1 aromatic rings. The molecular weight excluding hydrogens is 238 g/mol. The van der Waals surface area contributed by atoms with Crippen molar-refractivity contribution in [2.75, 3.05) is 0 Å². The molecule has 0 radical (unpaired) electrons. The van der Waals surface area contributed by atoms with Crippen molar-refractivity contribution < 1.29 is 10.3 Å². The first-order valence-corrected chi connectivity index (χ1v) is 6.76. The monoisotopic (exact) mass is 265 g/mol. The van der Waals surface area contributed by atoms with Crippen molar-refractivity contribution in [2.24, 2.45) is 0 Å². The Morgan fingerprint density at radius 2 is 1.32 bits per heavy atom. The molecule has 3 N–H and O–H groups in total. The normalized spacial score (nSPS) is 14.5. The number of nitrogens with one attached hydrogen (secondary N) is 1. The third-order valence-electron chi connectivity index (χ3n) is 3.44. The first kappa shape index (κ1) is 16.0. The van der Waals surface area contributed by atoms with Crippen molar-refractivity contribution in [3.63, 3.8) is 0 Å². The average Bonchev–Trinajstić information content (AvgIpc) is 2.25. The molecule has 0 aliphatic carbocycles. The molecule has 108 valence electrons. The molecule has 1 unspecified atom stereocenters. The lowest BCUT2D eigenvalue weighted by Crippen LogP contribution is -2.20. The molecule has 0 saturated heterocycles. The summed E-state index contributed by atoms with van der Waals surface area (Å²) in [6.45, 7) is 14.4. The van der Waals surface area contributed by atoms with Crippen molar-refractivity contribution in [3.05, 3.63) is 28.8 Å². The summed E-state index contributed by atoms with van der Waals surface area (Å²) in [5.41, 5.74) is 4.80. The molecule has 0 amide bonds. The minimum atomic E-state index is -0.164. The number of phenolic OH excluding ortho intramolecular Hbond substituents is 1. The average molecular weight is 265 g/mol. The van der Waals surface area contributed by atoms with E-state index < -0.39 is 0 Å². The summed E-state index contributed by atoms with van der Waals surface area (Å²) in [6.07, 6.45) is 0. The Morgan fingerprint density at radius 3 is 1.58 bits per heavy atom. The van der Waals surface area contributed by atoms with Crippen LogP contribution in [0.2, 0.25) is 0 Å². The summed E-state index contributed by atoms with van der Waals surface area (Å²) < 4.78 is 0. The molecule has 0 aromatic heterocycles. The number of hydroxylamine groups is 1. The summed E-state index contributed by atoms with van der Waals surface area (Å²) in [5, 5.41) is 19.7. The van der Waals surface area contributed by atoms with Gasteiger partial charge >= 0.3 is 0 Å². The smallest absolute Gasteiger partial charge is 0.123 e. The third kappa shape index (κ3) is 3.48. The zero-order valence-electron chi connectivity index (χ0n) is 13.1. The van der Waals surface area contributed by atoms with E-state index in [-0.39, 0.29) is 16.9 Å². The van der Waals surface area contributed by atoms with Crippen LogP contribution in [-0.2, 0) is 10.8 Å². The molecule has 0 bridgehead atoms. The lowest BCUT2D eigenvalue weighted by atomic mass is 9.78. The molecule has 0 fully saturated rings. The predicted molar refractivity (Wildman–Crippen MR) is 78.8 cm³/mol. The second-order valence-electron chi connectivity index (χ2n) is 7.32. The van der Waals surface area contributed by atoms with Gasteiger partial charge < -0.3 is 10.3 Å². The first-order chi connectivity index (χ1) is 8.48. The van der Waals surface area contributed by atoms with E-state index in [1.807, 2.05) is 19.1 Å². The number of aromatic hydroxyl groups is 1. The Morgan fingerprint density at radius 1 is 0.947 bits per heavy atom. The number of rotatable bonds is 2. The number of hydrogen-bond acceptors (Lipinski definition) is 3. The molecule has 0 aliphatic rings. The van der Waals surface area contributed by atoms with Crippen LogP contribution in [0.15, 0.2) is 12.1 Å². The minimum Gasteiger partial charge on any atom is -0.507 e. The highest BCUT2D eigenvalue weighted by atomic mass is 16.5. The van der Waals surface area contributed by atoms with Crippen LogP contribution in [0.3, 0.4) is 0 Å². The van der Waals surface area contributed by atoms with Gasteiger partial charge in [0.25, 0.3) is 0 Å². The Bertz CT molecular complexity index is 418. The van der Waals surface area contributed by atoms with E-state index in [1.165, 1.54) is 0 Å². The lowest BCUT2D eigenvalue weighted by molar-refractivity contribution is 0.133. The summed E-state index contributed by atoms with van der Waals surface area (Å²) in [7, 11) is 0. The van der Waals surface area contributed by atoms with Gasteiger partial charge in [-0.1, -0.05) is 41.5 Å². The quantitative estimate of drug-likeness (QED) is 0.708. The van der Waals surface area contributed by atoms with E-state index in [4.69, 9.17) is 5.21 Å². The molecule has 0 spiro atoms. The van der Waals surface area contributed by atoms with Crippen LogP contribution in [0, 0.1) is 0 Å².